The highest BCUT2D eigenvalue weighted by molar-refractivity contribution is 5.68. The van der Waals surface area contributed by atoms with Gasteiger partial charge in [-0.3, -0.25) is 0 Å². The number of rotatable bonds is 5. The summed E-state index contributed by atoms with van der Waals surface area (Å²) in [5, 5.41) is 0. The van der Waals surface area contributed by atoms with Crippen LogP contribution >= 0.6 is 0 Å². The van der Waals surface area contributed by atoms with E-state index in [0.717, 1.165) is 17.7 Å². The molecule has 25 heavy (non-hydrogen) atoms. The van der Waals surface area contributed by atoms with Gasteiger partial charge in [-0.05, 0) is 65.1 Å². The smallest absolute Gasteiger partial charge is 0.410 e. The van der Waals surface area contributed by atoms with Gasteiger partial charge in [0.15, 0.2) is 0 Å². The normalized spacial score (nSPS) is 19.0. The first-order valence-electron chi connectivity index (χ1n) is 9.16. The lowest BCUT2D eigenvalue weighted by Crippen LogP contribution is -2.36. The number of hydrogen-bond donors (Lipinski definition) is 1. The predicted octanol–water partition coefficient (Wildman–Crippen LogP) is 3.69. The largest absolute Gasteiger partial charge is 0.494 e. The van der Waals surface area contributed by atoms with E-state index in [1.54, 1.807) is 4.90 Å². The van der Waals surface area contributed by atoms with Gasteiger partial charge in [-0.15, -0.1) is 0 Å². The van der Waals surface area contributed by atoms with Gasteiger partial charge in [0.05, 0.1) is 6.61 Å². The van der Waals surface area contributed by atoms with E-state index in [0.29, 0.717) is 32.2 Å². The molecule has 0 spiro atoms. The molecule has 0 aromatic heterocycles. The van der Waals surface area contributed by atoms with E-state index in [1.807, 2.05) is 33.8 Å². The number of carbonyl (C=O) groups is 1. The van der Waals surface area contributed by atoms with E-state index in [4.69, 9.17) is 15.2 Å². The molecule has 2 unspecified atom stereocenters. The number of carbonyl (C=O) groups excluding carboxylic acids is 1. The molecule has 2 atom stereocenters. The second-order valence-electron chi connectivity index (χ2n) is 7.79. The summed E-state index contributed by atoms with van der Waals surface area (Å²) in [5.74, 6) is 1.40. The van der Waals surface area contributed by atoms with Crippen LogP contribution in [0.2, 0.25) is 0 Å². The highest BCUT2D eigenvalue weighted by Gasteiger charge is 2.35. The van der Waals surface area contributed by atoms with Crippen LogP contribution in [0.3, 0.4) is 0 Å². The van der Waals surface area contributed by atoms with Crippen molar-refractivity contribution in [1.29, 1.82) is 0 Å². The topological polar surface area (TPSA) is 64.8 Å². The lowest BCUT2D eigenvalue weighted by molar-refractivity contribution is 0.0286. The zero-order chi connectivity index (χ0) is 18.6. The highest BCUT2D eigenvalue weighted by atomic mass is 16.6. The summed E-state index contributed by atoms with van der Waals surface area (Å²) in [7, 11) is 0. The molecule has 0 bridgehead atoms. The molecule has 5 heteroatoms. The molecule has 1 aromatic carbocycles. The standard InChI is InChI=1S/C20H32N2O3/c1-6-24-18-8-7-14(2)11-16(18)17(12-21)15-9-10-22(13-15)19(23)25-20(3,4)5/h7-8,11,15,17H,6,9-10,12-13,21H2,1-5H3. The molecule has 1 aromatic rings. The molecule has 0 aliphatic carbocycles. The minimum absolute atomic E-state index is 0.175. The summed E-state index contributed by atoms with van der Waals surface area (Å²) in [6.45, 7) is 12.3. The third-order valence-electron chi connectivity index (χ3n) is 4.56. The van der Waals surface area contributed by atoms with Gasteiger partial charge < -0.3 is 20.1 Å². The fourth-order valence-electron chi connectivity index (χ4n) is 3.43. The Morgan fingerprint density at radius 1 is 1.40 bits per heavy atom. The predicted molar refractivity (Wildman–Crippen MR) is 100 cm³/mol. The monoisotopic (exact) mass is 348 g/mol. The Morgan fingerprint density at radius 3 is 2.72 bits per heavy atom. The van der Waals surface area contributed by atoms with E-state index >= 15 is 0 Å². The van der Waals surface area contributed by atoms with Gasteiger partial charge in [-0.1, -0.05) is 17.7 Å². The van der Waals surface area contributed by atoms with Gasteiger partial charge in [-0.2, -0.15) is 0 Å². The van der Waals surface area contributed by atoms with Crippen LogP contribution in [0, 0.1) is 12.8 Å². The second-order valence-corrected chi connectivity index (χ2v) is 7.79. The molecule has 0 radical (unpaired) electrons. The quantitative estimate of drug-likeness (QED) is 0.881. The van der Waals surface area contributed by atoms with Gasteiger partial charge in [-0.25, -0.2) is 4.79 Å². The molecular formula is C20H32N2O3. The maximum Gasteiger partial charge on any atom is 0.410 e. The van der Waals surface area contributed by atoms with Crippen molar-refractivity contribution < 1.29 is 14.3 Å². The molecule has 140 valence electrons. The third kappa shape index (κ3) is 5.11. The van der Waals surface area contributed by atoms with Gasteiger partial charge in [0.25, 0.3) is 0 Å². The molecule has 2 N–H and O–H groups in total. The Balaban J connectivity index is 2.15. The second kappa shape index (κ2) is 8.09. The number of likely N-dealkylation sites (tertiary alicyclic amines) is 1. The van der Waals surface area contributed by atoms with Crippen molar-refractivity contribution in [2.45, 2.75) is 52.6 Å². The van der Waals surface area contributed by atoms with E-state index in [1.165, 1.54) is 5.56 Å². The highest BCUT2D eigenvalue weighted by Crippen LogP contribution is 2.37. The molecular weight excluding hydrogens is 316 g/mol. The SMILES string of the molecule is CCOc1ccc(C)cc1C(CN)C1CCN(C(=O)OC(C)(C)C)C1. The van der Waals surface area contributed by atoms with Crippen molar-refractivity contribution in [3.8, 4) is 5.75 Å². The van der Waals surface area contributed by atoms with Crippen LogP contribution in [-0.2, 0) is 4.74 Å². The molecule has 1 saturated heterocycles. The minimum Gasteiger partial charge on any atom is -0.494 e. The molecule has 1 amide bonds. The minimum atomic E-state index is -0.471. The Bertz CT molecular complexity index is 595. The molecule has 1 aliphatic rings. The van der Waals surface area contributed by atoms with Crippen LogP contribution in [0.4, 0.5) is 4.79 Å². The molecule has 1 fully saturated rings. The maximum atomic E-state index is 12.3. The zero-order valence-corrected chi connectivity index (χ0v) is 16.2. The summed E-state index contributed by atoms with van der Waals surface area (Å²) < 4.78 is 11.3. The number of hydrogen-bond acceptors (Lipinski definition) is 4. The van der Waals surface area contributed by atoms with Crippen molar-refractivity contribution in [3.05, 3.63) is 29.3 Å². The van der Waals surface area contributed by atoms with Crippen molar-refractivity contribution in [2.24, 2.45) is 11.7 Å². The fraction of sp³-hybridized carbons (Fsp3) is 0.650. The zero-order valence-electron chi connectivity index (χ0n) is 16.2. The first kappa shape index (κ1) is 19.6. The van der Waals surface area contributed by atoms with Crippen LogP contribution in [0.15, 0.2) is 18.2 Å². The van der Waals surface area contributed by atoms with Gasteiger partial charge in [0, 0.05) is 19.0 Å². The van der Waals surface area contributed by atoms with Crippen LogP contribution in [-0.4, -0.2) is 42.8 Å². The Hall–Kier alpha value is -1.75. The third-order valence-corrected chi connectivity index (χ3v) is 4.56. The Labute approximate surface area is 151 Å². The number of benzene rings is 1. The lowest BCUT2D eigenvalue weighted by Gasteiger charge is -2.27. The summed E-state index contributed by atoms with van der Waals surface area (Å²) in [6.07, 6.45) is 0.695. The van der Waals surface area contributed by atoms with Crippen LogP contribution in [0.5, 0.6) is 5.75 Å². The Morgan fingerprint density at radius 2 is 2.12 bits per heavy atom. The van der Waals surface area contributed by atoms with Gasteiger partial charge in [0.1, 0.15) is 11.4 Å². The van der Waals surface area contributed by atoms with Crippen molar-refractivity contribution in [2.75, 3.05) is 26.2 Å². The Kier molecular flexibility index (Phi) is 6.33. The number of nitrogens with two attached hydrogens (primary N) is 1. The van der Waals surface area contributed by atoms with Crippen molar-refractivity contribution >= 4 is 6.09 Å². The van der Waals surface area contributed by atoms with Crippen molar-refractivity contribution in [3.63, 3.8) is 0 Å². The van der Waals surface area contributed by atoms with E-state index < -0.39 is 5.60 Å². The summed E-state index contributed by atoms with van der Waals surface area (Å²) in [4.78, 5) is 14.1. The molecule has 0 saturated carbocycles. The maximum absolute atomic E-state index is 12.3. The summed E-state index contributed by atoms with van der Waals surface area (Å²) in [5.41, 5.74) is 8.01. The molecule has 1 aliphatic heterocycles. The number of amides is 1. The van der Waals surface area contributed by atoms with Crippen molar-refractivity contribution in [1.82, 2.24) is 4.90 Å². The lowest BCUT2D eigenvalue weighted by atomic mass is 9.84. The number of aryl methyl sites for hydroxylation is 1. The number of nitrogens with zero attached hydrogens (tertiary/aromatic N) is 1. The van der Waals surface area contributed by atoms with Crippen LogP contribution < -0.4 is 10.5 Å². The number of ether oxygens (including phenoxy) is 2. The van der Waals surface area contributed by atoms with E-state index in [2.05, 4.69) is 19.1 Å². The van der Waals surface area contributed by atoms with Crippen LogP contribution in [0.25, 0.3) is 0 Å². The summed E-state index contributed by atoms with van der Waals surface area (Å²) in [6, 6.07) is 6.25. The fourth-order valence-corrected chi connectivity index (χ4v) is 3.43. The summed E-state index contributed by atoms with van der Waals surface area (Å²) >= 11 is 0. The van der Waals surface area contributed by atoms with Crippen LogP contribution in [0.1, 0.15) is 51.2 Å². The molecule has 1 heterocycles. The van der Waals surface area contributed by atoms with E-state index in [9.17, 15) is 4.79 Å². The average molecular weight is 348 g/mol. The van der Waals surface area contributed by atoms with Gasteiger partial charge in [0.2, 0.25) is 0 Å². The van der Waals surface area contributed by atoms with E-state index in [-0.39, 0.29) is 12.0 Å². The molecule has 2 rings (SSSR count). The van der Waals surface area contributed by atoms with Gasteiger partial charge >= 0.3 is 6.09 Å². The average Bonchev–Trinajstić information content (AvgIpc) is 2.99. The first-order valence-corrected chi connectivity index (χ1v) is 9.16. The molecule has 5 nitrogen and oxygen atoms in total. The first-order chi connectivity index (χ1) is 11.7.